The van der Waals surface area contributed by atoms with Gasteiger partial charge in [0.15, 0.2) is 49.3 Å². The monoisotopic (exact) mass is 1200 g/mol. The van der Waals surface area contributed by atoms with Crippen LogP contribution in [-0.4, -0.2) is 254 Å². The molecule has 0 aromatic carbocycles. The highest BCUT2D eigenvalue weighted by Crippen LogP contribution is 2.71. The van der Waals surface area contributed by atoms with Crippen molar-refractivity contribution < 1.29 is 132 Å². The Bertz CT molecular complexity index is 2360. The maximum Gasteiger partial charge on any atom is 0.303 e. The highest BCUT2D eigenvalue weighted by molar-refractivity contribution is 5.68. The van der Waals surface area contributed by atoms with E-state index in [2.05, 4.69) is 26.8 Å². The molecule has 478 valence electrons. The zero-order chi connectivity index (χ0) is 60.8. The molecular formula is C57H88O27. The van der Waals surface area contributed by atoms with E-state index in [1.807, 2.05) is 6.92 Å². The smallest absolute Gasteiger partial charge is 0.303 e. The number of aliphatic hydroxyl groups excluding tert-OH is 11. The third kappa shape index (κ3) is 11.4. The Labute approximate surface area is 486 Å². The van der Waals surface area contributed by atoms with E-state index >= 15 is 0 Å². The van der Waals surface area contributed by atoms with Crippen molar-refractivity contribution in [2.45, 2.75) is 253 Å². The number of esters is 3. The summed E-state index contributed by atoms with van der Waals surface area (Å²) in [7, 11) is 0. The van der Waals surface area contributed by atoms with E-state index in [9.17, 15) is 70.6 Å². The Morgan fingerprint density at radius 3 is 1.81 bits per heavy atom. The Morgan fingerprint density at radius 1 is 0.607 bits per heavy atom. The van der Waals surface area contributed by atoms with Crippen LogP contribution in [0.5, 0.6) is 0 Å². The van der Waals surface area contributed by atoms with E-state index in [1.165, 1.54) is 6.92 Å². The zero-order valence-electron chi connectivity index (χ0n) is 48.6. The maximum atomic E-state index is 13.2. The molecule has 0 radical (unpaired) electrons. The van der Waals surface area contributed by atoms with E-state index < -0.39 is 190 Å². The minimum atomic E-state index is -1.99. The van der Waals surface area contributed by atoms with Crippen LogP contribution in [0.1, 0.15) is 100 Å². The summed E-state index contributed by atoms with van der Waals surface area (Å²) in [4.78, 5) is 38.5. The van der Waals surface area contributed by atoms with Crippen molar-refractivity contribution in [1.29, 1.82) is 0 Å². The molecule has 10 aliphatic rings. The fraction of sp³-hybridized carbons (Fsp3) is 0.912. The first-order chi connectivity index (χ1) is 39.7. The molecule has 6 heterocycles. The average Bonchev–Trinajstić information content (AvgIpc) is 1.47. The summed E-state index contributed by atoms with van der Waals surface area (Å²) in [6.07, 6.45) is -29.5. The van der Waals surface area contributed by atoms with Gasteiger partial charge in [-0.2, -0.15) is 0 Å². The van der Waals surface area contributed by atoms with Gasteiger partial charge in [-0.3, -0.25) is 14.4 Å². The maximum absolute atomic E-state index is 13.2. The summed E-state index contributed by atoms with van der Waals surface area (Å²) < 4.78 is 81.4. The van der Waals surface area contributed by atoms with E-state index in [-0.39, 0.29) is 53.4 Å². The van der Waals surface area contributed by atoms with Gasteiger partial charge < -0.3 is 118 Å². The molecule has 0 unspecified atom stereocenters. The SMILES string of the molecule is CC(=O)OC[C@H]1O[C@@H](O[C@@H]2C[C@H](O)CC3=CC[C@H]4[C@@H]5C[C@@H]6O[C@@]7(OC[C@@H](C)C[C@@H]7O[C@@H]7O[C@H](CO)[C@@H](O)[C@H](O)[C@H]7O)[C@@H](C)[C@@H]6[C@@]5(C)CC[C@@H]4[C@]32C)[C@H](O[C@@H]2O[C@@H](C)[C@H](O)[C@@H](O[C@@H]3O[C@H](CO)[C@@H](O)[C@H](O)[C@H]3O)[C@H]2O)[C@@H](OC(C)=O)[C@H]1OC(C)=O. The second-order valence-electron chi connectivity index (χ2n) is 25.9. The average molecular weight is 1210 g/mol. The van der Waals surface area contributed by atoms with Crippen LogP contribution < -0.4 is 0 Å². The number of hydrogen-bond donors (Lipinski definition) is 11. The normalized spacial score (nSPS) is 52.7. The van der Waals surface area contributed by atoms with Gasteiger partial charge >= 0.3 is 17.9 Å². The molecule has 11 N–H and O–H groups in total. The number of aliphatic hydroxyl groups is 11. The van der Waals surface area contributed by atoms with Crippen LogP contribution in [0.3, 0.4) is 0 Å². The van der Waals surface area contributed by atoms with Gasteiger partial charge in [0, 0.05) is 38.5 Å². The second kappa shape index (κ2) is 24.9. The Hall–Kier alpha value is -2.69. The predicted molar refractivity (Wildman–Crippen MR) is 278 cm³/mol. The molecule has 84 heavy (non-hydrogen) atoms. The third-order valence-electron chi connectivity index (χ3n) is 20.7. The largest absolute Gasteiger partial charge is 0.463 e. The van der Waals surface area contributed by atoms with E-state index in [4.69, 9.17) is 61.6 Å². The van der Waals surface area contributed by atoms with Gasteiger partial charge in [0.05, 0.1) is 44.2 Å². The predicted octanol–water partition coefficient (Wildman–Crippen LogP) is -2.31. The van der Waals surface area contributed by atoms with Crippen molar-refractivity contribution >= 4 is 17.9 Å². The van der Waals surface area contributed by atoms with Crippen molar-refractivity contribution in [3.8, 4) is 0 Å². The van der Waals surface area contributed by atoms with Gasteiger partial charge in [0.25, 0.3) is 0 Å². The van der Waals surface area contributed by atoms with Gasteiger partial charge in [-0.05, 0) is 80.5 Å². The lowest BCUT2D eigenvalue weighted by atomic mass is 9.46. The van der Waals surface area contributed by atoms with Crippen LogP contribution in [0.2, 0.25) is 0 Å². The molecule has 9 fully saturated rings. The first kappa shape index (κ1) is 64.3. The summed E-state index contributed by atoms with van der Waals surface area (Å²) in [5.41, 5.74) is -0.152. The molecule has 33 atom stereocenters. The lowest BCUT2D eigenvalue weighted by Crippen LogP contribution is -2.67. The second-order valence-corrected chi connectivity index (χ2v) is 25.9. The molecule has 0 bridgehead atoms. The molecule has 0 amide bonds. The van der Waals surface area contributed by atoms with Crippen LogP contribution in [0, 0.1) is 46.3 Å². The molecule has 27 nitrogen and oxygen atoms in total. The molecule has 6 aliphatic heterocycles. The van der Waals surface area contributed by atoms with Gasteiger partial charge in [0.1, 0.15) is 86.0 Å². The van der Waals surface area contributed by atoms with Crippen molar-refractivity contribution in [2.75, 3.05) is 26.4 Å². The van der Waals surface area contributed by atoms with Gasteiger partial charge in [0.2, 0.25) is 0 Å². The fourth-order valence-corrected chi connectivity index (χ4v) is 16.5. The summed E-state index contributed by atoms with van der Waals surface area (Å²) in [5.74, 6) is -3.84. The fourth-order valence-electron chi connectivity index (χ4n) is 16.5. The standard InChI is InChI=1S/C57H88O27/c1-21-13-37(81-51-44(69)42(67)40(65)33(17-58)77-51)57(73-19-21)22(2)38-32(84-57)16-31-29-10-9-27-14-28(63)15-36(56(27,8)30(29)11-12-55(31,38)7)80-54-50(49(76-26(6)62)47(75-25(5)61)35(79-54)20-72-24(4)60)83-53-46(71)48(39(64)23(3)74-53)82-52-45(70)43(68)41(66)34(18-59)78-52/h9,21-23,28-54,58-59,63-71H,10-20H2,1-8H3/t21-,22-,23-,28+,29+,30-,31-,32-,33+,34+,35+,36+,37-,38-,39-,40+,41+,42-,43-,44+,45+,46+,47-,48+,49-,50+,51-,52-,53-,54-,55-,56-,57-/m0/s1. The van der Waals surface area contributed by atoms with Crippen molar-refractivity contribution in [3.05, 3.63) is 11.6 Å². The van der Waals surface area contributed by atoms with Crippen LogP contribution in [0.15, 0.2) is 11.6 Å². The lowest BCUT2D eigenvalue weighted by molar-refractivity contribution is -0.388. The number of ether oxygens (including phenoxy) is 13. The van der Waals surface area contributed by atoms with E-state index in [0.29, 0.717) is 38.7 Å². The molecular weight excluding hydrogens is 1120 g/mol. The van der Waals surface area contributed by atoms with Gasteiger partial charge in [-0.15, -0.1) is 0 Å². The molecule has 27 heteroatoms. The molecule has 3 saturated carbocycles. The Morgan fingerprint density at radius 2 is 1.19 bits per heavy atom. The third-order valence-corrected chi connectivity index (χ3v) is 20.7. The highest BCUT2D eigenvalue weighted by Gasteiger charge is 2.72. The van der Waals surface area contributed by atoms with E-state index in [1.54, 1.807) is 0 Å². The minimum Gasteiger partial charge on any atom is -0.463 e. The number of hydrogen-bond acceptors (Lipinski definition) is 27. The first-order valence-corrected chi connectivity index (χ1v) is 29.7. The van der Waals surface area contributed by atoms with Crippen molar-refractivity contribution in [1.82, 2.24) is 0 Å². The topological polar surface area (TPSA) is 394 Å². The van der Waals surface area contributed by atoms with Crippen molar-refractivity contribution in [3.63, 3.8) is 0 Å². The lowest BCUT2D eigenvalue weighted by Gasteiger charge is -2.61. The molecule has 10 rings (SSSR count). The van der Waals surface area contributed by atoms with E-state index in [0.717, 1.165) is 32.8 Å². The molecule has 0 aromatic rings. The molecule has 6 saturated heterocycles. The summed E-state index contributed by atoms with van der Waals surface area (Å²) in [5, 5.41) is 119. The van der Waals surface area contributed by atoms with Crippen LogP contribution >= 0.6 is 0 Å². The quantitative estimate of drug-likeness (QED) is 0.0495. The molecule has 0 aromatic heterocycles. The minimum absolute atomic E-state index is 0.0226. The zero-order valence-corrected chi connectivity index (χ0v) is 48.6. The van der Waals surface area contributed by atoms with Gasteiger partial charge in [-0.25, -0.2) is 0 Å². The molecule has 1 spiro atoms. The van der Waals surface area contributed by atoms with Crippen molar-refractivity contribution in [2.24, 2.45) is 46.3 Å². The first-order valence-electron chi connectivity index (χ1n) is 29.7. The summed E-state index contributed by atoms with van der Waals surface area (Å²) in [6.45, 7) is 11.7. The van der Waals surface area contributed by atoms with Crippen LogP contribution in [0.4, 0.5) is 0 Å². The van der Waals surface area contributed by atoms with Gasteiger partial charge in [-0.1, -0.05) is 39.3 Å². The number of fused-ring (bicyclic) bond motifs is 7. The summed E-state index contributed by atoms with van der Waals surface area (Å²) >= 11 is 0. The number of allylic oxidation sites excluding steroid dienone is 1. The Balaban J connectivity index is 0.942. The molecule has 4 aliphatic carbocycles. The summed E-state index contributed by atoms with van der Waals surface area (Å²) in [6, 6.07) is 0. The van der Waals surface area contributed by atoms with Crippen LogP contribution in [0.25, 0.3) is 0 Å². The highest BCUT2D eigenvalue weighted by atomic mass is 16.8. The number of carbonyl (C=O) groups is 3. The van der Waals surface area contributed by atoms with Crippen LogP contribution in [-0.2, 0) is 76.0 Å². The number of rotatable bonds is 14. The number of carbonyl (C=O) groups excluding carboxylic acids is 3. The Kier molecular flexibility index (Phi) is 19.1.